The first-order valence-corrected chi connectivity index (χ1v) is 13.3. The maximum atomic E-state index is 13.6. The summed E-state index contributed by atoms with van der Waals surface area (Å²) in [6.45, 7) is 7.33. The van der Waals surface area contributed by atoms with Crippen molar-refractivity contribution in [2.24, 2.45) is 5.92 Å². The van der Waals surface area contributed by atoms with Gasteiger partial charge in [0.25, 0.3) is 11.8 Å². The van der Waals surface area contributed by atoms with Crippen LogP contribution in [-0.2, 0) is 16.1 Å². The van der Waals surface area contributed by atoms with Crippen molar-refractivity contribution in [1.82, 2.24) is 20.4 Å². The molecule has 2 heterocycles. The number of hydrogen-bond donors (Lipinski definition) is 1. The number of ether oxygens (including phenoxy) is 4. The second-order valence-electron chi connectivity index (χ2n) is 9.76. The zero-order valence-corrected chi connectivity index (χ0v) is 23.1. The molecule has 1 aromatic heterocycles. The molecule has 1 N–H and O–H groups in total. The first kappa shape index (κ1) is 28.5. The number of benzene rings is 2. The standard InChI is InChI=1S/C29H38N4O6/c1-20(2)33(29(34)22-11-12-24(36-4)25(15-22)37-14-8-13-35-3)18-23-16-30-17-26(23)38-19-27-31-28(39-32-27)21-9-6-5-7-10-21/h5-7,9-12,15,20,23,26,30H,8,13-14,16-19H2,1-4H3/t23-,26+/m0/s1. The minimum Gasteiger partial charge on any atom is -0.493 e. The van der Waals surface area contributed by atoms with Gasteiger partial charge < -0.3 is 33.7 Å². The molecular formula is C29H38N4O6. The summed E-state index contributed by atoms with van der Waals surface area (Å²) in [5.74, 6) is 2.14. The van der Waals surface area contributed by atoms with E-state index in [1.165, 1.54) is 0 Å². The normalized spacial score (nSPS) is 16.9. The van der Waals surface area contributed by atoms with Crippen molar-refractivity contribution in [1.29, 1.82) is 0 Å². The van der Waals surface area contributed by atoms with Gasteiger partial charge in [0, 0.05) is 62.9 Å². The Hall–Kier alpha value is -3.47. The van der Waals surface area contributed by atoms with Gasteiger partial charge in [0.05, 0.1) is 19.8 Å². The number of hydrogen-bond acceptors (Lipinski definition) is 9. The summed E-state index contributed by atoms with van der Waals surface area (Å²) in [5, 5.41) is 7.46. The van der Waals surface area contributed by atoms with Gasteiger partial charge in [0.15, 0.2) is 17.3 Å². The molecule has 4 rings (SSSR count). The third kappa shape index (κ3) is 7.56. The Morgan fingerprint density at radius 2 is 1.92 bits per heavy atom. The highest BCUT2D eigenvalue weighted by Crippen LogP contribution is 2.29. The van der Waals surface area contributed by atoms with Crippen LogP contribution in [0.15, 0.2) is 53.1 Å². The van der Waals surface area contributed by atoms with Crippen molar-refractivity contribution in [3.63, 3.8) is 0 Å². The molecule has 210 valence electrons. The predicted octanol–water partition coefficient (Wildman–Crippen LogP) is 3.82. The fourth-order valence-corrected chi connectivity index (χ4v) is 4.53. The molecule has 0 saturated carbocycles. The molecule has 39 heavy (non-hydrogen) atoms. The second kappa shape index (κ2) is 14.1. The maximum Gasteiger partial charge on any atom is 0.258 e. The highest BCUT2D eigenvalue weighted by Gasteiger charge is 2.33. The Balaban J connectivity index is 1.39. The highest BCUT2D eigenvalue weighted by atomic mass is 16.5. The van der Waals surface area contributed by atoms with E-state index in [0.29, 0.717) is 55.1 Å². The van der Waals surface area contributed by atoms with Crippen LogP contribution >= 0.6 is 0 Å². The van der Waals surface area contributed by atoms with Crippen LogP contribution in [0.1, 0.15) is 36.5 Å². The number of amides is 1. The number of nitrogens with one attached hydrogen (secondary N) is 1. The zero-order chi connectivity index (χ0) is 27.6. The molecule has 0 aliphatic carbocycles. The van der Waals surface area contributed by atoms with Gasteiger partial charge in [-0.15, -0.1) is 0 Å². The third-order valence-electron chi connectivity index (χ3n) is 6.67. The Kier molecular flexibility index (Phi) is 10.3. The molecule has 2 atom stereocenters. The molecule has 0 radical (unpaired) electrons. The molecule has 2 aromatic carbocycles. The molecule has 0 spiro atoms. The third-order valence-corrected chi connectivity index (χ3v) is 6.67. The molecule has 1 aliphatic heterocycles. The number of rotatable bonds is 14. The van der Waals surface area contributed by atoms with Crippen molar-refractivity contribution in [3.05, 3.63) is 59.9 Å². The van der Waals surface area contributed by atoms with Crippen molar-refractivity contribution >= 4 is 5.91 Å². The fraction of sp³-hybridized carbons (Fsp3) is 0.483. The molecule has 0 bridgehead atoms. The summed E-state index contributed by atoms with van der Waals surface area (Å²) in [7, 11) is 3.24. The number of nitrogens with zero attached hydrogens (tertiary/aromatic N) is 3. The van der Waals surface area contributed by atoms with Crippen molar-refractivity contribution in [2.45, 2.75) is 39.0 Å². The van der Waals surface area contributed by atoms with Gasteiger partial charge in [-0.05, 0) is 44.2 Å². The lowest BCUT2D eigenvalue weighted by molar-refractivity contribution is 0.00944. The molecule has 1 fully saturated rings. The van der Waals surface area contributed by atoms with Crippen molar-refractivity contribution in [3.8, 4) is 23.0 Å². The molecule has 10 nitrogen and oxygen atoms in total. The Morgan fingerprint density at radius 3 is 2.67 bits per heavy atom. The molecule has 1 saturated heterocycles. The first-order valence-electron chi connectivity index (χ1n) is 13.3. The Bertz CT molecular complexity index is 1190. The van der Waals surface area contributed by atoms with Crippen LogP contribution in [-0.4, -0.2) is 80.2 Å². The van der Waals surface area contributed by atoms with Gasteiger partial charge in [0.1, 0.15) is 6.61 Å². The van der Waals surface area contributed by atoms with Crippen LogP contribution in [0.4, 0.5) is 0 Å². The predicted molar refractivity (Wildman–Crippen MR) is 146 cm³/mol. The Morgan fingerprint density at radius 1 is 1.10 bits per heavy atom. The minimum absolute atomic E-state index is 0.00226. The van der Waals surface area contributed by atoms with E-state index in [4.69, 9.17) is 23.5 Å². The molecule has 10 heteroatoms. The first-order chi connectivity index (χ1) is 19.0. The monoisotopic (exact) mass is 538 g/mol. The zero-order valence-electron chi connectivity index (χ0n) is 23.1. The largest absolute Gasteiger partial charge is 0.493 e. The van der Waals surface area contributed by atoms with Gasteiger partial charge in [-0.25, -0.2) is 0 Å². The lowest BCUT2D eigenvalue weighted by atomic mass is 10.0. The molecule has 0 unspecified atom stereocenters. The van der Waals surface area contributed by atoms with Crippen LogP contribution in [0.5, 0.6) is 11.5 Å². The van der Waals surface area contributed by atoms with Gasteiger partial charge in [0.2, 0.25) is 0 Å². The van der Waals surface area contributed by atoms with E-state index < -0.39 is 0 Å². The average Bonchev–Trinajstić information content (AvgIpc) is 3.62. The highest BCUT2D eigenvalue weighted by molar-refractivity contribution is 5.95. The molecular weight excluding hydrogens is 500 g/mol. The summed E-state index contributed by atoms with van der Waals surface area (Å²) in [5.41, 5.74) is 1.42. The van der Waals surface area contributed by atoms with E-state index in [0.717, 1.165) is 18.5 Å². The summed E-state index contributed by atoms with van der Waals surface area (Å²) in [6.07, 6.45) is 0.650. The lowest BCUT2D eigenvalue weighted by Gasteiger charge is -2.31. The molecule has 1 amide bonds. The summed E-state index contributed by atoms with van der Waals surface area (Å²) >= 11 is 0. The minimum atomic E-state index is -0.0896. The van der Waals surface area contributed by atoms with E-state index in [1.807, 2.05) is 49.1 Å². The smallest absolute Gasteiger partial charge is 0.258 e. The van der Waals surface area contributed by atoms with E-state index in [-0.39, 0.29) is 30.6 Å². The summed E-state index contributed by atoms with van der Waals surface area (Å²) < 4.78 is 28.0. The number of carbonyl (C=O) groups excluding carboxylic acids is 1. The quantitative estimate of drug-likeness (QED) is 0.307. The molecule has 1 aliphatic rings. The SMILES string of the molecule is COCCCOc1cc(C(=O)N(C[C@@H]2CNC[C@H]2OCc2noc(-c3ccccc3)n2)C(C)C)ccc1OC. The van der Waals surface area contributed by atoms with Crippen LogP contribution in [0, 0.1) is 5.92 Å². The summed E-state index contributed by atoms with van der Waals surface area (Å²) in [6, 6.07) is 14.9. The average molecular weight is 539 g/mol. The Labute approximate surface area is 229 Å². The van der Waals surface area contributed by atoms with Crippen LogP contribution in [0.2, 0.25) is 0 Å². The van der Waals surface area contributed by atoms with E-state index >= 15 is 0 Å². The van der Waals surface area contributed by atoms with Gasteiger partial charge in [-0.3, -0.25) is 4.79 Å². The maximum absolute atomic E-state index is 13.6. The van der Waals surface area contributed by atoms with Gasteiger partial charge >= 0.3 is 0 Å². The van der Waals surface area contributed by atoms with E-state index in [1.54, 1.807) is 32.4 Å². The fourth-order valence-electron chi connectivity index (χ4n) is 4.53. The van der Waals surface area contributed by atoms with Crippen LogP contribution in [0.25, 0.3) is 11.5 Å². The topological polar surface area (TPSA) is 108 Å². The van der Waals surface area contributed by atoms with Gasteiger partial charge in [-0.2, -0.15) is 4.98 Å². The number of carbonyl (C=O) groups is 1. The summed E-state index contributed by atoms with van der Waals surface area (Å²) in [4.78, 5) is 20.0. The van der Waals surface area contributed by atoms with E-state index in [9.17, 15) is 4.79 Å². The second-order valence-corrected chi connectivity index (χ2v) is 9.76. The lowest BCUT2D eigenvalue weighted by Crippen LogP contribution is -2.43. The van der Waals surface area contributed by atoms with Crippen LogP contribution < -0.4 is 14.8 Å². The van der Waals surface area contributed by atoms with E-state index in [2.05, 4.69) is 15.5 Å². The molecule has 3 aromatic rings. The van der Waals surface area contributed by atoms with Crippen molar-refractivity contribution < 1.29 is 28.3 Å². The number of methoxy groups -OCH3 is 2. The van der Waals surface area contributed by atoms with Gasteiger partial charge in [-0.1, -0.05) is 23.4 Å². The van der Waals surface area contributed by atoms with Crippen molar-refractivity contribution in [2.75, 3.05) is 47.1 Å². The number of aromatic nitrogens is 2. The van der Waals surface area contributed by atoms with Crippen LogP contribution in [0.3, 0.4) is 0 Å².